The van der Waals surface area contributed by atoms with Crippen molar-refractivity contribution in [2.45, 2.75) is 17.8 Å². The Bertz CT molecular complexity index is 617. The molecule has 19 heavy (non-hydrogen) atoms. The fourth-order valence-corrected chi connectivity index (χ4v) is 2.34. The molecule has 0 fully saturated rings. The zero-order valence-electron chi connectivity index (χ0n) is 10.6. The zero-order valence-corrected chi connectivity index (χ0v) is 11.4. The van der Waals surface area contributed by atoms with Gasteiger partial charge < -0.3 is 5.11 Å². The molecule has 3 nitrogen and oxygen atoms in total. The van der Waals surface area contributed by atoms with Gasteiger partial charge in [-0.25, -0.2) is 9.97 Å². The van der Waals surface area contributed by atoms with E-state index >= 15 is 0 Å². The summed E-state index contributed by atoms with van der Waals surface area (Å²) in [6.45, 7) is 1.84. The van der Waals surface area contributed by atoms with Gasteiger partial charge in [0, 0.05) is 23.2 Å². The maximum atomic E-state index is 8.68. The quantitative estimate of drug-likeness (QED) is 0.528. The maximum absolute atomic E-state index is 8.68. The lowest BCUT2D eigenvalue weighted by Crippen LogP contribution is -1.89. The number of thioether (sulfide) groups is 1. The van der Waals surface area contributed by atoms with E-state index in [0.29, 0.717) is 0 Å². The molecule has 1 heterocycles. The lowest BCUT2D eigenvalue weighted by molar-refractivity contribution is 0.350. The Kier molecular flexibility index (Phi) is 4.96. The lowest BCUT2D eigenvalue weighted by Gasteiger charge is -2.02. The summed E-state index contributed by atoms with van der Waals surface area (Å²) >= 11 is 1.60. The topological polar surface area (TPSA) is 46.0 Å². The summed E-state index contributed by atoms with van der Waals surface area (Å²) in [5.74, 6) is 6.35. The van der Waals surface area contributed by atoms with Crippen molar-refractivity contribution in [1.29, 1.82) is 0 Å². The van der Waals surface area contributed by atoms with Crippen LogP contribution in [0, 0.1) is 18.8 Å². The van der Waals surface area contributed by atoms with Crippen molar-refractivity contribution >= 4 is 11.8 Å². The van der Waals surface area contributed by atoms with E-state index in [1.54, 1.807) is 18.0 Å². The summed E-state index contributed by atoms with van der Waals surface area (Å²) < 4.78 is 0. The van der Waals surface area contributed by atoms with Gasteiger partial charge in [-0.1, -0.05) is 35.7 Å². The van der Waals surface area contributed by atoms with E-state index in [2.05, 4.69) is 21.8 Å². The van der Waals surface area contributed by atoms with Crippen molar-refractivity contribution in [3.05, 3.63) is 53.3 Å². The van der Waals surface area contributed by atoms with Crippen LogP contribution in [0.15, 0.2) is 41.7 Å². The van der Waals surface area contributed by atoms with Crippen LogP contribution in [0.1, 0.15) is 16.8 Å². The molecule has 0 radical (unpaired) electrons. The Balaban J connectivity index is 2.03. The number of hydrogen-bond donors (Lipinski definition) is 1. The van der Waals surface area contributed by atoms with Crippen LogP contribution in [0.25, 0.3) is 0 Å². The van der Waals surface area contributed by atoms with Crippen molar-refractivity contribution in [1.82, 2.24) is 9.97 Å². The number of benzene rings is 1. The molecule has 1 N–H and O–H groups in total. The van der Waals surface area contributed by atoms with Crippen LogP contribution in [-0.4, -0.2) is 21.7 Å². The van der Waals surface area contributed by atoms with Crippen LogP contribution in [0.4, 0.5) is 0 Å². The fourth-order valence-electron chi connectivity index (χ4n) is 1.52. The van der Waals surface area contributed by atoms with Crippen molar-refractivity contribution in [2.75, 3.05) is 6.61 Å². The van der Waals surface area contributed by atoms with Gasteiger partial charge >= 0.3 is 0 Å². The average molecular weight is 270 g/mol. The number of aromatic nitrogens is 2. The average Bonchev–Trinajstić information content (AvgIpc) is 2.43. The van der Waals surface area contributed by atoms with Gasteiger partial charge in [-0.2, -0.15) is 0 Å². The molecule has 4 heteroatoms. The summed E-state index contributed by atoms with van der Waals surface area (Å²) in [4.78, 5) is 8.57. The highest BCUT2D eigenvalue weighted by Gasteiger charge is 2.00. The van der Waals surface area contributed by atoms with Gasteiger partial charge in [0.25, 0.3) is 0 Å². The normalized spacial score (nSPS) is 9.79. The second-order valence-electron chi connectivity index (χ2n) is 3.93. The van der Waals surface area contributed by atoms with E-state index in [4.69, 9.17) is 5.11 Å². The number of aliphatic hydroxyl groups is 1. The predicted octanol–water partition coefficient (Wildman–Crippen LogP) is 2.42. The number of hydrogen-bond acceptors (Lipinski definition) is 4. The van der Waals surface area contributed by atoms with Gasteiger partial charge in [0.05, 0.1) is 0 Å². The molecule has 0 aliphatic heterocycles. The summed E-state index contributed by atoms with van der Waals surface area (Å²) in [5.41, 5.74) is 3.05. The molecule has 0 atom stereocenters. The summed E-state index contributed by atoms with van der Waals surface area (Å²) in [6, 6.07) is 9.85. The zero-order chi connectivity index (χ0) is 13.5. The highest BCUT2D eigenvalue weighted by atomic mass is 32.2. The second kappa shape index (κ2) is 6.93. The Morgan fingerprint density at radius 3 is 3.00 bits per heavy atom. The standard InChI is InChI=1S/C15H14N2OS/c1-12-7-8-16-15(17-12)19-11-14-5-2-4-13(10-14)6-3-9-18/h2,4-5,7-8,10,18H,9,11H2,1H3. The summed E-state index contributed by atoms with van der Waals surface area (Å²) in [5, 5.41) is 9.46. The SMILES string of the molecule is Cc1ccnc(SCc2cccc(C#CCO)c2)n1. The molecule has 1 aromatic heterocycles. The third-order valence-electron chi connectivity index (χ3n) is 2.38. The number of rotatable bonds is 3. The predicted molar refractivity (Wildman–Crippen MR) is 76.7 cm³/mol. The Labute approximate surface area is 117 Å². The number of nitrogens with zero attached hydrogens (tertiary/aromatic N) is 2. The Hall–Kier alpha value is -1.83. The minimum Gasteiger partial charge on any atom is -0.384 e. The van der Waals surface area contributed by atoms with Crippen LogP contribution in [-0.2, 0) is 5.75 Å². The molecule has 0 aliphatic rings. The molecule has 0 unspecified atom stereocenters. The van der Waals surface area contributed by atoms with Crippen molar-refractivity contribution in [3.8, 4) is 11.8 Å². The van der Waals surface area contributed by atoms with Crippen molar-refractivity contribution in [2.24, 2.45) is 0 Å². The van der Waals surface area contributed by atoms with E-state index < -0.39 is 0 Å². The molecular weight excluding hydrogens is 256 g/mol. The third kappa shape index (κ3) is 4.40. The third-order valence-corrected chi connectivity index (χ3v) is 3.31. The van der Waals surface area contributed by atoms with Gasteiger partial charge in [-0.05, 0) is 30.7 Å². The van der Waals surface area contributed by atoms with Crippen LogP contribution < -0.4 is 0 Å². The van der Waals surface area contributed by atoms with Crippen LogP contribution in [0.5, 0.6) is 0 Å². The molecule has 0 saturated carbocycles. The summed E-state index contributed by atoms with van der Waals surface area (Å²) in [7, 11) is 0. The van der Waals surface area contributed by atoms with Gasteiger partial charge in [-0.15, -0.1) is 0 Å². The molecule has 1 aromatic carbocycles. The first-order chi connectivity index (χ1) is 9.28. The van der Waals surface area contributed by atoms with Crippen LogP contribution >= 0.6 is 11.8 Å². The first-order valence-electron chi connectivity index (χ1n) is 5.89. The smallest absolute Gasteiger partial charge is 0.188 e. The fraction of sp³-hybridized carbons (Fsp3) is 0.200. The molecule has 0 spiro atoms. The summed E-state index contributed by atoms with van der Waals surface area (Å²) in [6.07, 6.45) is 1.77. The maximum Gasteiger partial charge on any atom is 0.188 e. The first kappa shape index (κ1) is 13.6. The van der Waals surface area contributed by atoms with Gasteiger partial charge in [0.1, 0.15) is 6.61 Å². The molecule has 0 aliphatic carbocycles. The minimum absolute atomic E-state index is 0.115. The largest absolute Gasteiger partial charge is 0.384 e. The van der Waals surface area contributed by atoms with Gasteiger partial charge in [0.2, 0.25) is 0 Å². The highest BCUT2D eigenvalue weighted by molar-refractivity contribution is 7.98. The molecule has 0 bridgehead atoms. The molecule has 2 aromatic rings. The molecule has 96 valence electrons. The lowest BCUT2D eigenvalue weighted by atomic mass is 10.1. The van der Waals surface area contributed by atoms with Gasteiger partial charge in [0.15, 0.2) is 5.16 Å². The van der Waals surface area contributed by atoms with Crippen LogP contribution in [0.3, 0.4) is 0 Å². The monoisotopic (exact) mass is 270 g/mol. The first-order valence-corrected chi connectivity index (χ1v) is 6.87. The van der Waals surface area contributed by atoms with Crippen molar-refractivity contribution < 1.29 is 5.11 Å². The van der Waals surface area contributed by atoms with E-state index in [9.17, 15) is 0 Å². The Morgan fingerprint density at radius 2 is 2.21 bits per heavy atom. The highest BCUT2D eigenvalue weighted by Crippen LogP contribution is 2.19. The Morgan fingerprint density at radius 1 is 1.32 bits per heavy atom. The van der Waals surface area contributed by atoms with Crippen LogP contribution in [0.2, 0.25) is 0 Å². The molecule has 2 rings (SSSR count). The van der Waals surface area contributed by atoms with E-state index in [0.717, 1.165) is 22.2 Å². The molecule has 0 saturated heterocycles. The number of aliphatic hydroxyl groups excluding tert-OH is 1. The molecular formula is C15H14N2OS. The van der Waals surface area contributed by atoms with Gasteiger partial charge in [-0.3, -0.25) is 0 Å². The minimum atomic E-state index is -0.115. The second-order valence-corrected chi connectivity index (χ2v) is 4.87. The van der Waals surface area contributed by atoms with E-state index in [1.807, 2.05) is 37.3 Å². The number of aryl methyl sites for hydroxylation is 1. The van der Waals surface area contributed by atoms with E-state index in [-0.39, 0.29) is 6.61 Å². The van der Waals surface area contributed by atoms with Crippen molar-refractivity contribution in [3.63, 3.8) is 0 Å². The molecule has 0 amide bonds. The van der Waals surface area contributed by atoms with E-state index in [1.165, 1.54) is 5.56 Å².